The third-order valence-corrected chi connectivity index (χ3v) is 4.20. The molecule has 6 nitrogen and oxygen atoms in total. The van der Waals surface area contributed by atoms with Crippen molar-refractivity contribution in [2.45, 2.75) is 32.4 Å². The minimum absolute atomic E-state index is 0.106. The zero-order chi connectivity index (χ0) is 18.8. The van der Waals surface area contributed by atoms with Crippen molar-refractivity contribution in [3.63, 3.8) is 0 Å². The van der Waals surface area contributed by atoms with Gasteiger partial charge >= 0.3 is 6.18 Å². The Morgan fingerprint density at radius 1 is 1.36 bits per heavy atom. The Bertz CT molecular complexity index is 399. The second kappa shape index (κ2) is 10.8. The van der Waals surface area contributed by atoms with Crippen molar-refractivity contribution in [3.05, 3.63) is 0 Å². The number of hydrogen-bond donors (Lipinski definition) is 3. The van der Waals surface area contributed by atoms with Gasteiger partial charge in [0.1, 0.15) is 0 Å². The van der Waals surface area contributed by atoms with Crippen LogP contribution in [0, 0.1) is 5.41 Å². The average Bonchev–Trinajstić information content (AvgIpc) is 2.96. The maximum absolute atomic E-state index is 12.3. The van der Waals surface area contributed by atoms with Crippen molar-refractivity contribution in [1.29, 1.82) is 0 Å². The van der Waals surface area contributed by atoms with Crippen LogP contribution in [0.1, 0.15) is 26.2 Å². The van der Waals surface area contributed by atoms with E-state index in [9.17, 15) is 18.3 Å². The molecule has 1 rings (SSSR count). The van der Waals surface area contributed by atoms with E-state index < -0.39 is 12.7 Å². The molecular formula is C16H31F3N4O2. The zero-order valence-corrected chi connectivity index (χ0v) is 15.2. The highest BCUT2D eigenvalue weighted by Gasteiger charge is 2.34. The number of nitrogens with one attached hydrogen (secondary N) is 2. The molecule has 1 saturated heterocycles. The highest BCUT2D eigenvalue weighted by Crippen LogP contribution is 2.32. The molecule has 1 unspecified atom stereocenters. The number of aliphatic hydroxyl groups is 1. The number of nitrogens with zero attached hydrogens (tertiary/aromatic N) is 2. The molecule has 3 N–H and O–H groups in total. The van der Waals surface area contributed by atoms with E-state index in [0.29, 0.717) is 58.2 Å². The minimum Gasteiger partial charge on any atom is -0.396 e. The van der Waals surface area contributed by atoms with E-state index in [-0.39, 0.29) is 12.0 Å². The first-order chi connectivity index (χ1) is 11.8. The lowest BCUT2D eigenvalue weighted by Crippen LogP contribution is -2.40. The molecule has 0 saturated carbocycles. The van der Waals surface area contributed by atoms with Gasteiger partial charge in [-0.3, -0.25) is 9.89 Å². The predicted octanol–water partition coefficient (Wildman–Crippen LogP) is 1.21. The second-order valence-corrected chi connectivity index (χ2v) is 6.60. The lowest BCUT2D eigenvalue weighted by atomic mass is 9.84. The van der Waals surface area contributed by atoms with Crippen LogP contribution >= 0.6 is 0 Å². The lowest BCUT2D eigenvalue weighted by molar-refractivity contribution is -0.143. The quantitative estimate of drug-likeness (QED) is 0.307. The van der Waals surface area contributed by atoms with Crippen molar-refractivity contribution < 1.29 is 23.0 Å². The Morgan fingerprint density at radius 3 is 2.68 bits per heavy atom. The normalized spacial score (nSPS) is 21.8. The molecule has 0 bridgehead atoms. The minimum atomic E-state index is -4.16. The number of rotatable bonds is 10. The van der Waals surface area contributed by atoms with Gasteiger partial charge in [0.2, 0.25) is 0 Å². The standard InChI is InChI=1S/C16H31F3N4O2/c1-3-20-14(21-7-4-8-23(2)12-16(17,18)19)22-11-15(5-9-24)6-10-25-13-15/h24H,3-13H2,1-2H3,(H2,20,21,22). The molecule has 0 aromatic heterocycles. The van der Waals surface area contributed by atoms with E-state index in [2.05, 4.69) is 15.6 Å². The summed E-state index contributed by atoms with van der Waals surface area (Å²) in [6, 6.07) is 0. The molecule has 0 aromatic rings. The van der Waals surface area contributed by atoms with E-state index in [1.165, 1.54) is 11.9 Å². The fourth-order valence-corrected chi connectivity index (χ4v) is 2.82. The Labute approximate surface area is 147 Å². The largest absolute Gasteiger partial charge is 0.401 e. The molecule has 1 aliphatic heterocycles. The van der Waals surface area contributed by atoms with E-state index in [1.54, 1.807) is 0 Å². The summed E-state index contributed by atoms with van der Waals surface area (Å²) in [5.41, 5.74) is -0.121. The van der Waals surface area contributed by atoms with Crippen LogP contribution in [0.4, 0.5) is 13.2 Å². The Morgan fingerprint density at radius 2 is 2.12 bits per heavy atom. The molecule has 1 fully saturated rings. The highest BCUT2D eigenvalue weighted by atomic mass is 19.4. The van der Waals surface area contributed by atoms with E-state index in [4.69, 9.17) is 4.74 Å². The molecule has 1 aliphatic rings. The predicted molar refractivity (Wildman–Crippen MR) is 91.7 cm³/mol. The van der Waals surface area contributed by atoms with E-state index in [0.717, 1.165) is 6.42 Å². The van der Waals surface area contributed by atoms with Crippen molar-refractivity contribution in [3.8, 4) is 0 Å². The molecule has 1 atom stereocenters. The van der Waals surface area contributed by atoms with Crippen molar-refractivity contribution in [2.75, 3.05) is 59.6 Å². The molecule has 25 heavy (non-hydrogen) atoms. The fraction of sp³-hybridized carbons (Fsp3) is 0.938. The van der Waals surface area contributed by atoms with Gasteiger partial charge in [0.15, 0.2) is 5.96 Å². The molecule has 0 aromatic carbocycles. The number of guanidine groups is 1. The fourth-order valence-electron chi connectivity index (χ4n) is 2.82. The highest BCUT2D eigenvalue weighted by molar-refractivity contribution is 5.79. The number of halogens is 3. The van der Waals surface area contributed by atoms with Crippen LogP contribution in [0.3, 0.4) is 0 Å². The van der Waals surface area contributed by atoms with Gasteiger partial charge in [0, 0.05) is 31.7 Å². The van der Waals surface area contributed by atoms with Crippen LogP contribution in [0.25, 0.3) is 0 Å². The van der Waals surface area contributed by atoms with Gasteiger partial charge in [-0.05, 0) is 39.8 Å². The third-order valence-electron chi connectivity index (χ3n) is 4.20. The van der Waals surface area contributed by atoms with Crippen LogP contribution in [0.5, 0.6) is 0 Å². The summed E-state index contributed by atoms with van der Waals surface area (Å²) in [5, 5.41) is 15.5. The second-order valence-electron chi connectivity index (χ2n) is 6.60. The Kier molecular flexibility index (Phi) is 9.52. The number of hydrogen-bond acceptors (Lipinski definition) is 4. The van der Waals surface area contributed by atoms with Crippen LogP contribution in [-0.2, 0) is 4.74 Å². The van der Waals surface area contributed by atoms with E-state index >= 15 is 0 Å². The topological polar surface area (TPSA) is 69.1 Å². The van der Waals surface area contributed by atoms with Gasteiger partial charge in [0.05, 0.1) is 19.7 Å². The molecule has 0 amide bonds. The smallest absolute Gasteiger partial charge is 0.396 e. The van der Waals surface area contributed by atoms with Crippen LogP contribution in [0.2, 0.25) is 0 Å². The number of aliphatic hydroxyl groups excluding tert-OH is 1. The maximum atomic E-state index is 12.3. The average molecular weight is 368 g/mol. The van der Waals surface area contributed by atoms with Gasteiger partial charge < -0.3 is 20.5 Å². The first kappa shape index (κ1) is 22.0. The van der Waals surface area contributed by atoms with Gasteiger partial charge in [-0.25, -0.2) is 0 Å². The number of aliphatic imine (C=N–C) groups is 1. The van der Waals surface area contributed by atoms with Crippen molar-refractivity contribution in [1.82, 2.24) is 15.5 Å². The first-order valence-corrected chi connectivity index (χ1v) is 8.76. The Balaban J connectivity index is 2.40. The molecule has 1 heterocycles. The van der Waals surface area contributed by atoms with Crippen molar-refractivity contribution >= 4 is 5.96 Å². The summed E-state index contributed by atoms with van der Waals surface area (Å²) in [5.74, 6) is 0.644. The summed E-state index contributed by atoms with van der Waals surface area (Å²) in [4.78, 5) is 5.83. The van der Waals surface area contributed by atoms with Crippen LogP contribution in [-0.4, -0.2) is 81.7 Å². The van der Waals surface area contributed by atoms with Gasteiger partial charge in [0.25, 0.3) is 0 Å². The van der Waals surface area contributed by atoms with Gasteiger partial charge in [-0.1, -0.05) is 0 Å². The molecule has 0 aliphatic carbocycles. The SMILES string of the molecule is CCNC(=NCC1(CCO)CCOC1)NCCCN(C)CC(F)(F)F. The number of ether oxygens (including phenoxy) is 1. The summed E-state index contributed by atoms with van der Waals surface area (Å²) in [7, 11) is 1.46. The first-order valence-electron chi connectivity index (χ1n) is 8.76. The summed E-state index contributed by atoms with van der Waals surface area (Å²) in [6.45, 7) is 4.59. The third kappa shape index (κ3) is 9.27. The zero-order valence-electron chi connectivity index (χ0n) is 15.2. The molecular weight excluding hydrogens is 337 g/mol. The monoisotopic (exact) mass is 368 g/mol. The summed E-state index contributed by atoms with van der Waals surface area (Å²) in [6.07, 6.45) is -2.05. The summed E-state index contributed by atoms with van der Waals surface area (Å²) < 4.78 is 42.3. The van der Waals surface area contributed by atoms with Crippen LogP contribution < -0.4 is 10.6 Å². The molecule has 0 spiro atoms. The molecule has 9 heteroatoms. The maximum Gasteiger partial charge on any atom is 0.401 e. The Hall–Kier alpha value is -1.06. The lowest BCUT2D eigenvalue weighted by Gasteiger charge is -2.25. The van der Waals surface area contributed by atoms with E-state index in [1.807, 2.05) is 6.92 Å². The van der Waals surface area contributed by atoms with Crippen molar-refractivity contribution in [2.24, 2.45) is 10.4 Å². The van der Waals surface area contributed by atoms with Crippen LogP contribution in [0.15, 0.2) is 4.99 Å². The molecule has 0 radical (unpaired) electrons. The molecule has 148 valence electrons. The summed E-state index contributed by atoms with van der Waals surface area (Å²) >= 11 is 0. The van der Waals surface area contributed by atoms with Gasteiger partial charge in [-0.15, -0.1) is 0 Å². The van der Waals surface area contributed by atoms with Gasteiger partial charge in [-0.2, -0.15) is 13.2 Å². The number of alkyl halides is 3.